The van der Waals surface area contributed by atoms with Crippen molar-refractivity contribution in [2.24, 2.45) is 5.10 Å². The van der Waals surface area contributed by atoms with E-state index in [0.717, 1.165) is 12.1 Å². The Hall–Kier alpha value is -4.41. The Bertz CT molecular complexity index is 1310. The summed E-state index contributed by atoms with van der Waals surface area (Å²) in [5.74, 6) is -1.11. The molecule has 0 radical (unpaired) electrons. The Morgan fingerprint density at radius 3 is 2.38 bits per heavy atom. The highest BCUT2D eigenvalue weighted by Gasteiger charge is 2.33. The molecule has 0 saturated heterocycles. The summed E-state index contributed by atoms with van der Waals surface area (Å²) in [6.45, 7) is 0. The number of urea groups is 1. The number of hydrogen-bond donors (Lipinski definition) is 2. The first-order valence-corrected chi connectivity index (χ1v) is 11.2. The van der Waals surface area contributed by atoms with Crippen LogP contribution in [0, 0.1) is 5.82 Å². The van der Waals surface area contributed by atoms with Crippen LogP contribution in [0.25, 0.3) is 0 Å². The minimum Gasteiger partial charge on any atom is -0.406 e. The molecule has 1 unspecified atom stereocenters. The maximum Gasteiger partial charge on any atom is 0.573 e. The largest absolute Gasteiger partial charge is 0.573 e. The highest BCUT2D eigenvalue weighted by Crippen LogP contribution is 2.28. The maximum atomic E-state index is 14.5. The van der Waals surface area contributed by atoms with Crippen molar-refractivity contribution in [1.29, 1.82) is 0 Å². The summed E-state index contributed by atoms with van der Waals surface area (Å²) < 4.78 is 55.3. The summed E-state index contributed by atoms with van der Waals surface area (Å²) >= 11 is 0. The van der Waals surface area contributed by atoms with E-state index < -0.39 is 30.0 Å². The van der Waals surface area contributed by atoms with Crippen LogP contribution in [0.3, 0.4) is 0 Å². The van der Waals surface area contributed by atoms with Gasteiger partial charge < -0.3 is 15.0 Å². The number of likely N-dealkylation sites (N-methyl/N-ethyl adjacent to an activating group) is 1. The van der Waals surface area contributed by atoms with Gasteiger partial charge in [0, 0.05) is 23.9 Å². The van der Waals surface area contributed by atoms with Crippen molar-refractivity contribution >= 4 is 23.3 Å². The summed E-state index contributed by atoms with van der Waals surface area (Å²) in [6, 6.07) is 16.4. The molecule has 7 nitrogen and oxygen atoms in total. The second kappa shape index (κ2) is 10.7. The SMILES string of the molecule is CN(C(=O)c1ccccc1)C1CCc2c(F)cccc2/C1=N/NC(=O)Nc1ccc(OC(F)(F)F)cc1. The molecule has 0 heterocycles. The molecule has 0 fully saturated rings. The fourth-order valence-corrected chi connectivity index (χ4v) is 4.10. The molecular formula is C26H22F4N4O3. The first-order valence-electron chi connectivity index (χ1n) is 11.2. The number of nitrogens with one attached hydrogen (secondary N) is 2. The van der Waals surface area contributed by atoms with E-state index in [9.17, 15) is 27.2 Å². The zero-order valence-corrected chi connectivity index (χ0v) is 19.6. The molecule has 1 aliphatic carbocycles. The third kappa shape index (κ3) is 6.24. The van der Waals surface area contributed by atoms with E-state index in [1.807, 2.05) is 0 Å². The van der Waals surface area contributed by atoms with E-state index in [1.165, 1.54) is 29.2 Å². The third-order valence-electron chi connectivity index (χ3n) is 5.81. The lowest BCUT2D eigenvalue weighted by atomic mass is 9.85. The predicted octanol–water partition coefficient (Wildman–Crippen LogP) is 5.34. The number of nitrogens with zero attached hydrogens (tertiary/aromatic N) is 2. The molecule has 4 rings (SSSR count). The van der Waals surface area contributed by atoms with Crippen molar-refractivity contribution in [3.05, 3.63) is 95.3 Å². The van der Waals surface area contributed by atoms with Gasteiger partial charge in [-0.2, -0.15) is 5.10 Å². The van der Waals surface area contributed by atoms with E-state index in [1.54, 1.807) is 43.4 Å². The lowest BCUT2D eigenvalue weighted by molar-refractivity contribution is -0.274. The molecule has 1 atom stereocenters. The van der Waals surface area contributed by atoms with Gasteiger partial charge in [0.2, 0.25) is 0 Å². The van der Waals surface area contributed by atoms with Crippen LogP contribution >= 0.6 is 0 Å². The van der Waals surface area contributed by atoms with E-state index in [-0.39, 0.29) is 11.6 Å². The number of alkyl halides is 3. The number of rotatable bonds is 5. The van der Waals surface area contributed by atoms with Gasteiger partial charge in [-0.25, -0.2) is 14.6 Å². The number of anilines is 1. The van der Waals surface area contributed by atoms with Crippen molar-refractivity contribution in [2.45, 2.75) is 25.2 Å². The molecule has 192 valence electrons. The molecule has 3 aromatic rings. The van der Waals surface area contributed by atoms with Gasteiger partial charge in [-0.05, 0) is 60.9 Å². The third-order valence-corrected chi connectivity index (χ3v) is 5.81. The Labute approximate surface area is 209 Å². The van der Waals surface area contributed by atoms with Gasteiger partial charge in [0.25, 0.3) is 5.91 Å². The average Bonchev–Trinajstić information content (AvgIpc) is 2.87. The summed E-state index contributed by atoms with van der Waals surface area (Å²) in [5, 5.41) is 6.68. The summed E-state index contributed by atoms with van der Waals surface area (Å²) in [6.07, 6.45) is -4.08. The van der Waals surface area contributed by atoms with Crippen molar-refractivity contribution in [3.8, 4) is 5.75 Å². The van der Waals surface area contributed by atoms with Crippen LogP contribution in [-0.2, 0) is 6.42 Å². The van der Waals surface area contributed by atoms with Crippen LogP contribution in [0.2, 0.25) is 0 Å². The monoisotopic (exact) mass is 514 g/mol. The number of halogens is 4. The fourth-order valence-electron chi connectivity index (χ4n) is 4.10. The minimum absolute atomic E-state index is 0.190. The molecule has 1 aliphatic rings. The molecule has 11 heteroatoms. The Morgan fingerprint density at radius 2 is 1.70 bits per heavy atom. The molecular weight excluding hydrogens is 492 g/mol. The van der Waals surface area contributed by atoms with Crippen LogP contribution in [-0.4, -0.2) is 42.0 Å². The zero-order valence-electron chi connectivity index (χ0n) is 19.6. The number of ether oxygens (including phenoxy) is 1. The van der Waals surface area contributed by atoms with Gasteiger partial charge in [-0.15, -0.1) is 13.2 Å². The van der Waals surface area contributed by atoms with Gasteiger partial charge in [0.1, 0.15) is 11.6 Å². The van der Waals surface area contributed by atoms with Crippen LogP contribution in [0.5, 0.6) is 5.75 Å². The zero-order chi connectivity index (χ0) is 26.6. The second-order valence-corrected chi connectivity index (χ2v) is 8.24. The maximum absolute atomic E-state index is 14.5. The van der Waals surface area contributed by atoms with Gasteiger partial charge >= 0.3 is 12.4 Å². The van der Waals surface area contributed by atoms with Crippen molar-refractivity contribution in [1.82, 2.24) is 10.3 Å². The van der Waals surface area contributed by atoms with Crippen LogP contribution < -0.4 is 15.5 Å². The van der Waals surface area contributed by atoms with E-state index in [0.29, 0.717) is 35.2 Å². The average molecular weight is 514 g/mol. The summed E-state index contributed by atoms with van der Waals surface area (Å²) in [7, 11) is 1.62. The predicted molar refractivity (Wildman–Crippen MR) is 129 cm³/mol. The number of carbonyl (C=O) groups excluding carboxylic acids is 2. The molecule has 0 saturated carbocycles. The number of carbonyl (C=O) groups is 2. The summed E-state index contributed by atoms with van der Waals surface area (Å²) in [5.41, 5.74) is 4.21. The van der Waals surface area contributed by atoms with E-state index >= 15 is 0 Å². The van der Waals surface area contributed by atoms with Crippen LogP contribution in [0.1, 0.15) is 27.9 Å². The Morgan fingerprint density at radius 1 is 1.00 bits per heavy atom. The molecule has 0 bridgehead atoms. The van der Waals surface area contributed by atoms with E-state index in [2.05, 4.69) is 20.6 Å². The Kier molecular flexibility index (Phi) is 7.42. The lowest BCUT2D eigenvalue weighted by Gasteiger charge is -2.33. The number of amides is 3. The van der Waals surface area contributed by atoms with Gasteiger partial charge in [-0.1, -0.05) is 30.3 Å². The number of hydrazone groups is 1. The first kappa shape index (κ1) is 25.7. The molecule has 0 spiro atoms. The molecule has 3 aromatic carbocycles. The first-order chi connectivity index (χ1) is 17.6. The number of fused-ring (bicyclic) bond motifs is 1. The highest BCUT2D eigenvalue weighted by atomic mass is 19.4. The standard InChI is InChI=1S/C26H22F4N4O3/c1-34(24(35)16-6-3-2-4-7-16)22-15-14-19-20(8-5-9-21(19)27)23(22)32-33-25(36)31-17-10-12-18(13-11-17)37-26(28,29)30/h2-13,22H,14-15H2,1H3,(H2,31,33,36)/b32-23-. The van der Waals surface area contributed by atoms with Crippen LogP contribution in [0.4, 0.5) is 28.0 Å². The number of benzene rings is 3. The molecule has 3 amide bonds. The molecule has 37 heavy (non-hydrogen) atoms. The van der Waals surface area contributed by atoms with Gasteiger partial charge in [-0.3, -0.25) is 4.79 Å². The van der Waals surface area contributed by atoms with Crippen LogP contribution in [0.15, 0.2) is 77.9 Å². The minimum atomic E-state index is -4.83. The second-order valence-electron chi connectivity index (χ2n) is 8.24. The van der Waals surface area contributed by atoms with Crippen molar-refractivity contribution < 1.29 is 31.9 Å². The molecule has 2 N–H and O–H groups in total. The van der Waals surface area contributed by atoms with Crippen molar-refractivity contribution in [3.63, 3.8) is 0 Å². The quantitative estimate of drug-likeness (QED) is 0.356. The van der Waals surface area contributed by atoms with Gasteiger partial charge in [0.15, 0.2) is 0 Å². The Balaban J connectivity index is 1.54. The highest BCUT2D eigenvalue weighted by molar-refractivity contribution is 6.09. The van der Waals surface area contributed by atoms with Gasteiger partial charge in [0.05, 0.1) is 11.8 Å². The topological polar surface area (TPSA) is 83.0 Å². The van der Waals surface area contributed by atoms with Crippen molar-refractivity contribution in [2.75, 3.05) is 12.4 Å². The van der Waals surface area contributed by atoms with E-state index in [4.69, 9.17) is 0 Å². The number of hydrogen-bond acceptors (Lipinski definition) is 4. The normalized spacial score (nSPS) is 16.0. The fraction of sp³-hybridized carbons (Fsp3) is 0.192. The molecule has 0 aliphatic heterocycles. The molecule has 0 aromatic heterocycles. The lowest BCUT2D eigenvalue weighted by Crippen LogP contribution is -2.46. The smallest absolute Gasteiger partial charge is 0.406 e. The summed E-state index contributed by atoms with van der Waals surface area (Å²) in [4.78, 5) is 27.1.